The number of nitrogens with one attached hydrogen (secondary N) is 1. The van der Waals surface area contributed by atoms with E-state index >= 15 is 0 Å². The molecule has 0 atom stereocenters. The van der Waals surface area contributed by atoms with E-state index in [1.54, 1.807) is 0 Å². The fourth-order valence-electron chi connectivity index (χ4n) is 1.26. The zero-order valence-corrected chi connectivity index (χ0v) is 8.12. The van der Waals surface area contributed by atoms with Crippen molar-refractivity contribution < 1.29 is 9.59 Å². The molecule has 0 saturated heterocycles. The summed E-state index contributed by atoms with van der Waals surface area (Å²) in [7, 11) is 0. The third-order valence-electron chi connectivity index (χ3n) is 1.98. The molecule has 0 aliphatic heterocycles. The highest BCUT2D eigenvalue weighted by Gasteiger charge is 2.01. The third-order valence-corrected chi connectivity index (χ3v) is 1.98. The summed E-state index contributed by atoms with van der Waals surface area (Å²) < 4.78 is 0. The van der Waals surface area contributed by atoms with Crippen LogP contribution in [0, 0.1) is 0 Å². The second-order valence-corrected chi connectivity index (χ2v) is 3.04. The smallest absolute Gasteiger partial charge is 0.230 e. The fourth-order valence-corrected chi connectivity index (χ4v) is 1.26. The molecule has 0 saturated carbocycles. The molecule has 74 valence electrons. The number of carbonyl (C=O) groups excluding carboxylic acids is 2. The van der Waals surface area contributed by atoms with Crippen molar-refractivity contribution in [3.05, 3.63) is 35.4 Å². The first-order valence-corrected chi connectivity index (χ1v) is 4.57. The Bertz CT molecular complexity index is 334. The van der Waals surface area contributed by atoms with Gasteiger partial charge in [-0.25, -0.2) is 0 Å². The monoisotopic (exact) mass is 191 g/mol. The number of rotatable bonds is 4. The Morgan fingerprint density at radius 1 is 1.43 bits per heavy atom. The van der Waals surface area contributed by atoms with Crippen molar-refractivity contribution in [1.29, 1.82) is 0 Å². The maximum absolute atomic E-state index is 11.1. The van der Waals surface area contributed by atoms with Gasteiger partial charge in [-0.2, -0.15) is 0 Å². The molecule has 0 heterocycles. The number of imide groups is 1. The van der Waals surface area contributed by atoms with Crippen LogP contribution in [0.15, 0.2) is 24.3 Å². The van der Waals surface area contributed by atoms with Crippen molar-refractivity contribution in [3.8, 4) is 0 Å². The van der Waals surface area contributed by atoms with E-state index in [1.165, 1.54) is 5.56 Å². The quantitative estimate of drug-likeness (QED) is 0.723. The number of hydrogen-bond acceptors (Lipinski definition) is 2. The van der Waals surface area contributed by atoms with Crippen LogP contribution in [0.4, 0.5) is 0 Å². The molecule has 0 bridgehead atoms. The molecule has 0 aliphatic rings. The Morgan fingerprint density at radius 3 is 2.79 bits per heavy atom. The summed E-state index contributed by atoms with van der Waals surface area (Å²) in [6.45, 7) is 2.06. The van der Waals surface area contributed by atoms with E-state index in [-0.39, 0.29) is 12.3 Å². The predicted molar refractivity (Wildman–Crippen MR) is 53.7 cm³/mol. The van der Waals surface area contributed by atoms with Crippen LogP contribution < -0.4 is 5.32 Å². The maximum Gasteiger partial charge on any atom is 0.230 e. The average molecular weight is 191 g/mol. The lowest BCUT2D eigenvalue weighted by atomic mass is 10.1. The van der Waals surface area contributed by atoms with Gasteiger partial charge in [0, 0.05) is 0 Å². The van der Waals surface area contributed by atoms with Gasteiger partial charge in [0.05, 0.1) is 6.42 Å². The molecule has 3 heteroatoms. The SMILES string of the molecule is CCc1cccc(CC(=O)NC=O)c1. The normalized spacial score (nSPS) is 9.50. The predicted octanol–water partition coefficient (Wildman–Crippen LogP) is 1.06. The van der Waals surface area contributed by atoms with Crippen molar-refractivity contribution in [2.24, 2.45) is 0 Å². The Labute approximate surface area is 83.1 Å². The van der Waals surface area contributed by atoms with Crippen LogP contribution in [-0.4, -0.2) is 12.3 Å². The van der Waals surface area contributed by atoms with Crippen molar-refractivity contribution in [2.75, 3.05) is 0 Å². The minimum absolute atomic E-state index is 0.257. The Hall–Kier alpha value is -1.64. The van der Waals surface area contributed by atoms with Crippen molar-refractivity contribution in [3.63, 3.8) is 0 Å². The highest BCUT2D eigenvalue weighted by atomic mass is 16.2. The molecule has 14 heavy (non-hydrogen) atoms. The van der Waals surface area contributed by atoms with Crippen LogP contribution in [0.2, 0.25) is 0 Å². The average Bonchev–Trinajstić information content (AvgIpc) is 2.18. The lowest BCUT2D eigenvalue weighted by Gasteiger charge is -2.01. The second-order valence-electron chi connectivity index (χ2n) is 3.04. The molecule has 0 unspecified atom stereocenters. The van der Waals surface area contributed by atoms with Crippen LogP contribution in [0.1, 0.15) is 18.1 Å². The van der Waals surface area contributed by atoms with E-state index in [1.807, 2.05) is 24.3 Å². The molecular weight excluding hydrogens is 178 g/mol. The van der Waals surface area contributed by atoms with E-state index in [9.17, 15) is 9.59 Å². The first-order chi connectivity index (χ1) is 6.76. The molecular formula is C11H13NO2. The van der Waals surface area contributed by atoms with Crippen LogP contribution in [0.5, 0.6) is 0 Å². The summed E-state index contributed by atoms with van der Waals surface area (Å²) in [5.41, 5.74) is 2.13. The first-order valence-electron chi connectivity index (χ1n) is 4.57. The van der Waals surface area contributed by atoms with Crippen molar-refractivity contribution >= 4 is 12.3 Å². The highest BCUT2D eigenvalue weighted by molar-refractivity contribution is 5.87. The summed E-state index contributed by atoms with van der Waals surface area (Å²) in [6.07, 6.45) is 1.61. The summed E-state index contributed by atoms with van der Waals surface area (Å²) in [4.78, 5) is 21.1. The molecule has 2 amide bonds. The lowest BCUT2D eigenvalue weighted by molar-refractivity contribution is -0.124. The van der Waals surface area contributed by atoms with E-state index in [2.05, 4.69) is 12.2 Å². The van der Waals surface area contributed by atoms with Gasteiger partial charge in [0.25, 0.3) is 0 Å². The molecule has 1 aromatic rings. The number of benzene rings is 1. The van der Waals surface area contributed by atoms with Gasteiger partial charge in [-0.15, -0.1) is 0 Å². The molecule has 0 aliphatic carbocycles. The molecule has 1 N–H and O–H groups in total. The molecule has 0 radical (unpaired) electrons. The number of aryl methyl sites for hydroxylation is 1. The van der Waals surface area contributed by atoms with E-state index < -0.39 is 0 Å². The molecule has 1 aromatic carbocycles. The molecule has 0 fully saturated rings. The van der Waals surface area contributed by atoms with Gasteiger partial charge in [-0.05, 0) is 17.5 Å². The molecule has 0 spiro atoms. The van der Waals surface area contributed by atoms with Gasteiger partial charge in [-0.1, -0.05) is 31.2 Å². The number of amides is 2. The topological polar surface area (TPSA) is 46.2 Å². The minimum Gasteiger partial charge on any atom is -0.299 e. The number of carbonyl (C=O) groups is 2. The summed E-state index contributed by atoms with van der Waals surface area (Å²) in [5.74, 6) is -0.270. The van der Waals surface area contributed by atoms with E-state index in [4.69, 9.17) is 0 Å². The summed E-state index contributed by atoms with van der Waals surface area (Å²) in [6, 6.07) is 7.79. The molecule has 0 aromatic heterocycles. The Balaban J connectivity index is 2.66. The molecule has 1 rings (SSSR count). The van der Waals surface area contributed by atoms with E-state index in [0.29, 0.717) is 6.41 Å². The highest BCUT2D eigenvalue weighted by Crippen LogP contribution is 2.06. The fraction of sp³-hybridized carbons (Fsp3) is 0.273. The Morgan fingerprint density at radius 2 is 2.14 bits per heavy atom. The molecule has 3 nitrogen and oxygen atoms in total. The standard InChI is InChI=1S/C11H13NO2/c1-2-9-4-3-5-10(6-9)7-11(14)12-8-13/h3-6,8H,2,7H2,1H3,(H,12,13,14). The van der Waals surface area contributed by atoms with Crippen LogP contribution in [0.25, 0.3) is 0 Å². The van der Waals surface area contributed by atoms with Crippen LogP contribution >= 0.6 is 0 Å². The lowest BCUT2D eigenvalue weighted by Crippen LogP contribution is -2.23. The van der Waals surface area contributed by atoms with Crippen LogP contribution in [-0.2, 0) is 22.4 Å². The summed E-state index contributed by atoms with van der Waals surface area (Å²) in [5, 5.41) is 2.11. The van der Waals surface area contributed by atoms with Gasteiger partial charge < -0.3 is 0 Å². The second kappa shape index (κ2) is 5.17. The van der Waals surface area contributed by atoms with Crippen molar-refractivity contribution in [2.45, 2.75) is 19.8 Å². The maximum atomic E-state index is 11.1. The van der Waals surface area contributed by atoms with Gasteiger partial charge >= 0.3 is 0 Å². The van der Waals surface area contributed by atoms with Gasteiger partial charge in [-0.3, -0.25) is 14.9 Å². The van der Waals surface area contributed by atoms with Crippen molar-refractivity contribution in [1.82, 2.24) is 5.32 Å². The van der Waals surface area contributed by atoms with E-state index in [0.717, 1.165) is 12.0 Å². The number of hydrogen-bond donors (Lipinski definition) is 1. The minimum atomic E-state index is -0.270. The Kier molecular flexibility index (Phi) is 3.85. The third kappa shape index (κ3) is 3.01. The van der Waals surface area contributed by atoms with Crippen LogP contribution in [0.3, 0.4) is 0 Å². The largest absolute Gasteiger partial charge is 0.299 e. The van der Waals surface area contributed by atoms with Gasteiger partial charge in [0.1, 0.15) is 0 Å². The zero-order chi connectivity index (χ0) is 10.4. The summed E-state index contributed by atoms with van der Waals surface area (Å²) >= 11 is 0. The zero-order valence-electron chi connectivity index (χ0n) is 8.12. The van der Waals surface area contributed by atoms with Gasteiger partial charge in [0.2, 0.25) is 12.3 Å². The van der Waals surface area contributed by atoms with Gasteiger partial charge in [0.15, 0.2) is 0 Å². The first kappa shape index (κ1) is 10.4.